The van der Waals surface area contributed by atoms with Crippen molar-refractivity contribution < 1.29 is 9.53 Å². The Kier molecular flexibility index (Phi) is 5.49. The molecule has 3 aromatic rings. The van der Waals surface area contributed by atoms with E-state index in [-0.39, 0.29) is 11.9 Å². The van der Waals surface area contributed by atoms with Crippen LogP contribution in [-0.4, -0.2) is 23.7 Å². The lowest BCUT2D eigenvalue weighted by Gasteiger charge is -2.23. The fourth-order valence-corrected chi connectivity index (χ4v) is 3.79. The largest absolute Gasteiger partial charge is 0.496 e. The van der Waals surface area contributed by atoms with Gasteiger partial charge in [0.05, 0.1) is 18.9 Å². The molecule has 0 saturated heterocycles. The number of ether oxygens (including phenoxy) is 1. The van der Waals surface area contributed by atoms with E-state index in [1.54, 1.807) is 12.1 Å². The minimum absolute atomic E-state index is 0.118. The molecule has 1 amide bonds. The number of rotatable bonds is 4. The quantitative estimate of drug-likeness (QED) is 0.509. The predicted molar refractivity (Wildman–Crippen MR) is 118 cm³/mol. The van der Waals surface area contributed by atoms with Crippen LogP contribution in [0, 0.1) is 6.92 Å². The van der Waals surface area contributed by atoms with E-state index in [1.165, 1.54) is 0 Å². The molecule has 4 rings (SSSR count). The van der Waals surface area contributed by atoms with Gasteiger partial charge >= 0.3 is 0 Å². The van der Waals surface area contributed by atoms with Gasteiger partial charge < -0.3 is 4.74 Å². The predicted octanol–water partition coefficient (Wildman–Crippen LogP) is 5.76. The highest BCUT2D eigenvalue weighted by molar-refractivity contribution is 9.10. The highest BCUT2D eigenvalue weighted by atomic mass is 79.9. The maximum absolute atomic E-state index is 13.3. The Bertz CT molecular complexity index is 1060. The van der Waals surface area contributed by atoms with Crippen molar-refractivity contribution in [1.82, 2.24) is 5.01 Å². The molecule has 4 nitrogen and oxygen atoms in total. The molecule has 0 radical (unpaired) electrons. The number of hydrogen-bond donors (Lipinski definition) is 0. The van der Waals surface area contributed by atoms with Gasteiger partial charge in [-0.25, -0.2) is 5.01 Å². The summed E-state index contributed by atoms with van der Waals surface area (Å²) in [5.74, 6) is 0.638. The van der Waals surface area contributed by atoms with Gasteiger partial charge in [0.15, 0.2) is 0 Å². The average Bonchev–Trinajstić information content (AvgIpc) is 3.19. The van der Waals surface area contributed by atoms with Crippen LogP contribution in [0.15, 0.2) is 82.4 Å². The summed E-state index contributed by atoms with van der Waals surface area (Å²) in [4.78, 5) is 13.3. The summed E-state index contributed by atoms with van der Waals surface area (Å²) in [6.07, 6.45) is 0.625. The first-order valence-corrected chi connectivity index (χ1v) is 10.2. The molecular formula is C24H21BrN2O2. The van der Waals surface area contributed by atoms with Crippen molar-refractivity contribution in [2.24, 2.45) is 5.10 Å². The standard InChI is InChI=1S/C24H21BrN2O2/c1-16-7-9-18(10-8-16)24(28)27-22(20-5-3-4-6-23(20)29-2)15-21(26-27)17-11-13-19(25)14-12-17/h3-14,22H,15H2,1-2H3. The van der Waals surface area contributed by atoms with Gasteiger partial charge in [-0.05, 0) is 42.8 Å². The molecule has 1 heterocycles. The fraction of sp³-hybridized carbons (Fsp3) is 0.167. The van der Waals surface area contributed by atoms with E-state index in [2.05, 4.69) is 15.9 Å². The second-order valence-electron chi connectivity index (χ2n) is 7.03. The molecule has 1 atom stereocenters. The van der Waals surface area contributed by atoms with Gasteiger partial charge in [0.1, 0.15) is 5.75 Å². The molecule has 0 fully saturated rings. The van der Waals surface area contributed by atoms with Crippen LogP contribution in [0.2, 0.25) is 0 Å². The number of amides is 1. The summed E-state index contributed by atoms with van der Waals surface area (Å²) < 4.78 is 6.58. The van der Waals surface area contributed by atoms with Crippen LogP contribution in [0.5, 0.6) is 5.75 Å². The first-order valence-electron chi connectivity index (χ1n) is 9.43. The van der Waals surface area contributed by atoms with Gasteiger partial charge in [0.2, 0.25) is 0 Å². The Hall–Kier alpha value is -2.92. The Morgan fingerprint density at radius 1 is 1.03 bits per heavy atom. The summed E-state index contributed by atoms with van der Waals surface area (Å²) in [5, 5.41) is 6.35. The third-order valence-corrected chi connectivity index (χ3v) is 5.62. The first kappa shape index (κ1) is 19.4. The van der Waals surface area contributed by atoms with Crippen molar-refractivity contribution in [3.8, 4) is 5.75 Å². The smallest absolute Gasteiger partial charge is 0.274 e. The molecule has 1 unspecified atom stereocenters. The number of hydrogen-bond acceptors (Lipinski definition) is 3. The maximum atomic E-state index is 13.3. The molecule has 0 aliphatic carbocycles. The minimum Gasteiger partial charge on any atom is -0.496 e. The Labute approximate surface area is 178 Å². The SMILES string of the molecule is COc1ccccc1C1CC(c2ccc(Br)cc2)=NN1C(=O)c1ccc(C)cc1. The Morgan fingerprint density at radius 3 is 2.41 bits per heavy atom. The fourth-order valence-electron chi connectivity index (χ4n) is 3.53. The first-order chi connectivity index (χ1) is 14.1. The van der Waals surface area contributed by atoms with Crippen LogP contribution in [0.1, 0.15) is 39.5 Å². The molecule has 5 heteroatoms. The van der Waals surface area contributed by atoms with Crippen LogP contribution in [-0.2, 0) is 0 Å². The van der Waals surface area contributed by atoms with E-state index in [4.69, 9.17) is 9.84 Å². The van der Waals surface area contributed by atoms with Crippen molar-refractivity contribution in [2.45, 2.75) is 19.4 Å². The van der Waals surface area contributed by atoms with Gasteiger partial charge in [-0.2, -0.15) is 5.10 Å². The summed E-state index contributed by atoms with van der Waals surface area (Å²) in [6, 6.07) is 23.2. The number of carbonyl (C=O) groups is 1. The molecule has 0 saturated carbocycles. The Morgan fingerprint density at radius 2 is 1.72 bits per heavy atom. The van der Waals surface area contributed by atoms with Crippen LogP contribution < -0.4 is 4.74 Å². The van der Waals surface area contributed by atoms with E-state index in [9.17, 15) is 4.79 Å². The number of hydrazone groups is 1. The summed E-state index contributed by atoms with van der Waals surface area (Å²) in [5.41, 5.74) is 4.58. The Balaban J connectivity index is 1.76. The molecule has 1 aliphatic rings. The zero-order valence-electron chi connectivity index (χ0n) is 16.3. The maximum Gasteiger partial charge on any atom is 0.274 e. The average molecular weight is 449 g/mol. The second kappa shape index (κ2) is 8.21. The lowest BCUT2D eigenvalue weighted by atomic mass is 9.97. The number of halogens is 1. The van der Waals surface area contributed by atoms with Crippen molar-refractivity contribution in [3.63, 3.8) is 0 Å². The molecule has 0 aromatic heterocycles. The van der Waals surface area contributed by atoms with Crippen molar-refractivity contribution in [2.75, 3.05) is 7.11 Å². The zero-order valence-corrected chi connectivity index (χ0v) is 17.9. The lowest BCUT2D eigenvalue weighted by molar-refractivity contribution is 0.0709. The van der Waals surface area contributed by atoms with Gasteiger partial charge in [0.25, 0.3) is 5.91 Å². The number of carbonyl (C=O) groups excluding carboxylic acids is 1. The van der Waals surface area contributed by atoms with Gasteiger partial charge in [-0.15, -0.1) is 0 Å². The molecule has 0 spiro atoms. The topological polar surface area (TPSA) is 41.9 Å². The van der Waals surface area contributed by atoms with Crippen molar-refractivity contribution in [1.29, 1.82) is 0 Å². The second-order valence-corrected chi connectivity index (χ2v) is 7.95. The number of benzene rings is 3. The van der Waals surface area contributed by atoms with E-state index < -0.39 is 0 Å². The minimum atomic E-state index is -0.224. The highest BCUT2D eigenvalue weighted by Gasteiger charge is 2.35. The molecule has 1 aliphatic heterocycles. The monoisotopic (exact) mass is 448 g/mol. The van der Waals surface area contributed by atoms with Crippen molar-refractivity contribution in [3.05, 3.63) is 99.5 Å². The summed E-state index contributed by atoms with van der Waals surface area (Å²) in [7, 11) is 1.65. The summed E-state index contributed by atoms with van der Waals surface area (Å²) in [6.45, 7) is 2.01. The number of para-hydroxylation sites is 1. The van der Waals surface area contributed by atoms with Crippen LogP contribution in [0.25, 0.3) is 0 Å². The molecular weight excluding hydrogens is 428 g/mol. The van der Waals surface area contributed by atoms with E-state index in [1.807, 2.05) is 79.7 Å². The number of nitrogens with zero attached hydrogens (tertiary/aromatic N) is 2. The lowest BCUT2D eigenvalue weighted by Crippen LogP contribution is -2.27. The van der Waals surface area contributed by atoms with E-state index in [0.717, 1.165) is 32.6 Å². The third kappa shape index (κ3) is 3.96. The molecule has 3 aromatic carbocycles. The van der Waals surface area contributed by atoms with Gasteiger partial charge in [-0.1, -0.05) is 64.0 Å². The normalized spacial score (nSPS) is 15.9. The number of methoxy groups -OCH3 is 1. The van der Waals surface area contributed by atoms with Gasteiger partial charge in [-0.3, -0.25) is 4.79 Å². The molecule has 29 heavy (non-hydrogen) atoms. The van der Waals surface area contributed by atoms with E-state index >= 15 is 0 Å². The number of aryl methyl sites for hydroxylation is 1. The zero-order chi connectivity index (χ0) is 20.4. The van der Waals surface area contributed by atoms with Crippen LogP contribution in [0.3, 0.4) is 0 Å². The highest BCUT2D eigenvalue weighted by Crippen LogP contribution is 2.38. The van der Waals surface area contributed by atoms with Crippen molar-refractivity contribution >= 4 is 27.5 Å². The molecule has 0 bridgehead atoms. The molecule has 0 N–H and O–H groups in total. The van der Waals surface area contributed by atoms with Crippen LogP contribution >= 0.6 is 15.9 Å². The molecule has 146 valence electrons. The third-order valence-electron chi connectivity index (χ3n) is 5.09. The van der Waals surface area contributed by atoms with Gasteiger partial charge in [0, 0.05) is 22.0 Å². The van der Waals surface area contributed by atoms with E-state index in [0.29, 0.717) is 12.0 Å². The summed E-state index contributed by atoms with van der Waals surface area (Å²) >= 11 is 3.47. The van der Waals surface area contributed by atoms with Crippen LogP contribution in [0.4, 0.5) is 0 Å².